The van der Waals surface area contributed by atoms with Crippen molar-refractivity contribution >= 4 is 28.4 Å². The standard InChI is InChI=1S/C23H22N2O4/c1-29-17-6-4-5-15(11-17)13-25-14-19(18-7-2-3-8-20(18)25)21(26)12-22(27)23(28)24-16-9-10-16/h2-8,11-12,14,16,26H,9-10,13H2,1H3,(H,24,28)/b21-12-. The second kappa shape index (κ2) is 7.83. The number of ether oxygens (including phenoxy) is 1. The Kier molecular flexibility index (Phi) is 5.08. The lowest BCUT2D eigenvalue weighted by Crippen LogP contribution is -2.31. The van der Waals surface area contributed by atoms with Crippen LogP contribution in [0.1, 0.15) is 24.0 Å². The summed E-state index contributed by atoms with van der Waals surface area (Å²) in [6, 6.07) is 15.5. The molecule has 0 radical (unpaired) electrons. The Labute approximate surface area is 168 Å². The SMILES string of the molecule is COc1cccc(Cn2cc(/C(O)=C/C(=O)C(=O)NC3CC3)c3ccccc32)c1. The van der Waals surface area contributed by atoms with Crippen molar-refractivity contribution in [1.29, 1.82) is 0 Å². The minimum absolute atomic E-state index is 0.0896. The number of amides is 1. The molecule has 0 bridgehead atoms. The van der Waals surface area contributed by atoms with E-state index in [1.54, 1.807) is 13.3 Å². The lowest BCUT2D eigenvalue weighted by molar-refractivity contribution is -0.135. The van der Waals surface area contributed by atoms with Gasteiger partial charge in [0.15, 0.2) is 0 Å². The molecule has 3 aromatic rings. The van der Waals surface area contributed by atoms with Gasteiger partial charge in [-0.05, 0) is 36.6 Å². The van der Waals surface area contributed by atoms with Crippen molar-refractivity contribution in [3.8, 4) is 5.75 Å². The first kappa shape index (κ1) is 18.8. The molecule has 0 spiro atoms. The third-order valence-electron chi connectivity index (χ3n) is 4.96. The van der Waals surface area contributed by atoms with Crippen LogP contribution in [0.2, 0.25) is 0 Å². The molecule has 1 fully saturated rings. The Hall–Kier alpha value is -3.54. The minimum Gasteiger partial charge on any atom is -0.507 e. The molecule has 1 aliphatic carbocycles. The van der Waals surface area contributed by atoms with E-state index in [9.17, 15) is 14.7 Å². The predicted octanol–water partition coefficient (Wildman–Crippen LogP) is 3.44. The van der Waals surface area contributed by atoms with E-state index in [1.807, 2.05) is 53.1 Å². The summed E-state index contributed by atoms with van der Waals surface area (Å²) in [5, 5.41) is 14.0. The summed E-state index contributed by atoms with van der Waals surface area (Å²) in [7, 11) is 1.63. The van der Waals surface area contributed by atoms with Crippen molar-refractivity contribution < 1.29 is 19.4 Å². The van der Waals surface area contributed by atoms with Crippen LogP contribution in [-0.4, -0.2) is 34.5 Å². The van der Waals surface area contributed by atoms with E-state index in [0.717, 1.165) is 41.1 Å². The van der Waals surface area contributed by atoms with E-state index in [2.05, 4.69) is 5.32 Å². The number of para-hydroxylation sites is 1. The molecule has 6 nitrogen and oxygen atoms in total. The zero-order valence-corrected chi connectivity index (χ0v) is 16.1. The van der Waals surface area contributed by atoms with Crippen LogP contribution in [0.3, 0.4) is 0 Å². The third kappa shape index (κ3) is 4.16. The molecule has 1 aliphatic rings. The Morgan fingerprint density at radius 1 is 1.21 bits per heavy atom. The van der Waals surface area contributed by atoms with Crippen LogP contribution < -0.4 is 10.1 Å². The van der Waals surface area contributed by atoms with Crippen molar-refractivity contribution in [2.45, 2.75) is 25.4 Å². The summed E-state index contributed by atoms with van der Waals surface area (Å²) in [5.74, 6) is -0.881. The molecule has 1 saturated carbocycles. The van der Waals surface area contributed by atoms with Crippen molar-refractivity contribution in [2.24, 2.45) is 0 Å². The lowest BCUT2D eigenvalue weighted by Gasteiger charge is -2.07. The Bertz CT molecular complexity index is 1110. The first-order chi connectivity index (χ1) is 14.0. The first-order valence-electron chi connectivity index (χ1n) is 9.52. The molecule has 0 unspecified atom stereocenters. The molecule has 2 N–H and O–H groups in total. The molecule has 6 heteroatoms. The van der Waals surface area contributed by atoms with Gasteiger partial charge in [0.25, 0.3) is 5.91 Å². The molecule has 4 rings (SSSR count). The number of carbonyl (C=O) groups is 2. The van der Waals surface area contributed by atoms with Gasteiger partial charge in [-0.25, -0.2) is 0 Å². The zero-order valence-electron chi connectivity index (χ0n) is 16.1. The number of benzene rings is 2. The van der Waals surface area contributed by atoms with Gasteiger partial charge in [0.05, 0.1) is 7.11 Å². The van der Waals surface area contributed by atoms with Crippen LogP contribution >= 0.6 is 0 Å². The average molecular weight is 390 g/mol. The zero-order chi connectivity index (χ0) is 20.4. The maximum Gasteiger partial charge on any atom is 0.292 e. The third-order valence-corrected chi connectivity index (χ3v) is 4.96. The summed E-state index contributed by atoms with van der Waals surface area (Å²) >= 11 is 0. The van der Waals surface area contributed by atoms with Gasteiger partial charge < -0.3 is 19.7 Å². The molecule has 1 amide bonds. The highest BCUT2D eigenvalue weighted by Crippen LogP contribution is 2.27. The van der Waals surface area contributed by atoms with Crippen molar-refractivity contribution in [3.63, 3.8) is 0 Å². The van der Waals surface area contributed by atoms with E-state index in [0.29, 0.717) is 12.1 Å². The van der Waals surface area contributed by atoms with E-state index >= 15 is 0 Å². The van der Waals surface area contributed by atoms with Gasteiger partial charge in [-0.1, -0.05) is 30.3 Å². The summed E-state index contributed by atoms with van der Waals surface area (Å²) in [4.78, 5) is 24.0. The van der Waals surface area contributed by atoms with Gasteiger partial charge in [-0.15, -0.1) is 0 Å². The number of hydrogen-bond acceptors (Lipinski definition) is 4. The topological polar surface area (TPSA) is 80.6 Å². The van der Waals surface area contributed by atoms with Gasteiger partial charge >= 0.3 is 0 Å². The molecule has 0 saturated heterocycles. The second-order valence-corrected chi connectivity index (χ2v) is 7.18. The second-order valence-electron chi connectivity index (χ2n) is 7.18. The summed E-state index contributed by atoms with van der Waals surface area (Å²) in [5.41, 5.74) is 2.47. The fourth-order valence-corrected chi connectivity index (χ4v) is 3.30. The van der Waals surface area contributed by atoms with E-state index in [1.165, 1.54) is 0 Å². The molecular formula is C23H22N2O4. The van der Waals surface area contributed by atoms with Gasteiger partial charge in [0, 0.05) is 41.3 Å². The van der Waals surface area contributed by atoms with Crippen LogP contribution in [0.15, 0.2) is 60.8 Å². The molecule has 1 heterocycles. The maximum absolute atomic E-state index is 12.1. The van der Waals surface area contributed by atoms with E-state index in [4.69, 9.17) is 4.74 Å². The predicted molar refractivity (Wildman–Crippen MR) is 111 cm³/mol. The number of methoxy groups -OCH3 is 1. The van der Waals surface area contributed by atoms with Crippen LogP contribution in [0.4, 0.5) is 0 Å². The number of aliphatic hydroxyl groups excluding tert-OH is 1. The van der Waals surface area contributed by atoms with Crippen molar-refractivity contribution in [3.05, 3.63) is 71.9 Å². The number of aromatic nitrogens is 1. The number of nitrogens with one attached hydrogen (secondary N) is 1. The molecule has 0 atom stereocenters. The monoisotopic (exact) mass is 390 g/mol. The summed E-state index contributed by atoms with van der Waals surface area (Å²) < 4.78 is 7.29. The first-order valence-corrected chi connectivity index (χ1v) is 9.52. The number of fused-ring (bicyclic) bond motifs is 1. The van der Waals surface area contributed by atoms with Gasteiger partial charge in [0.1, 0.15) is 11.5 Å². The number of carbonyl (C=O) groups excluding carboxylic acids is 2. The average Bonchev–Trinajstić information content (AvgIpc) is 3.47. The Balaban J connectivity index is 1.65. The highest BCUT2D eigenvalue weighted by molar-refractivity contribution is 6.41. The van der Waals surface area contributed by atoms with Gasteiger partial charge in [-0.3, -0.25) is 9.59 Å². The molecule has 2 aromatic carbocycles. The number of rotatable bonds is 7. The number of hydrogen-bond donors (Lipinski definition) is 2. The number of nitrogens with zero attached hydrogens (tertiary/aromatic N) is 1. The van der Waals surface area contributed by atoms with Crippen molar-refractivity contribution in [1.82, 2.24) is 9.88 Å². The summed E-state index contributed by atoms with van der Waals surface area (Å²) in [6.07, 6.45) is 4.58. The molecule has 1 aromatic heterocycles. The number of ketones is 1. The van der Waals surface area contributed by atoms with E-state index in [-0.39, 0.29) is 11.8 Å². The number of aliphatic hydroxyl groups is 1. The summed E-state index contributed by atoms with van der Waals surface area (Å²) in [6.45, 7) is 0.571. The molecule has 29 heavy (non-hydrogen) atoms. The van der Waals surface area contributed by atoms with Gasteiger partial charge in [0.2, 0.25) is 5.78 Å². The van der Waals surface area contributed by atoms with Gasteiger partial charge in [-0.2, -0.15) is 0 Å². The normalized spacial score (nSPS) is 14.0. The minimum atomic E-state index is -0.751. The Morgan fingerprint density at radius 3 is 2.76 bits per heavy atom. The Morgan fingerprint density at radius 2 is 2.00 bits per heavy atom. The highest BCUT2D eigenvalue weighted by Gasteiger charge is 2.26. The van der Waals surface area contributed by atoms with E-state index < -0.39 is 11.7 Å². The molecule has 148 valence electrons. The quantitative estimate of drug-likeness (QED) is 0.368. The fourth-order valence-electron chi connectivity index (χ4n) is 3.30. The lowest BCUT2D eigenvalue weighted by atomic mass is 10.1. The smallest absolute Gasteiger partial charge is 0.292 e. The van der Waals surface area contributed by atoms with Crippen LogP contribution in [0, 0.1) is 0 Å². The fraction of sp³-hybridized carbons (Fsp3) is 0.217. The van der Waals surface area contributed by atoms with Crippen LogP contribution in [0.5, 0.6) is 5.75 Å². The molecule has 0 aliphatic heterocycles. The highest BCUT2D eigenvalue weighted by atomic mass is 16.5. The largest absolute Gasteiger partial charge is 0.507 e. The van der Waals surface area contributed by atoms with Crippen LogP contribution in [0.25, 0.3) is 16.7 Å². The maximum atomic E-state index is 12.1. The van der Waals surface area contributed by atoms with Crippen molar-refractivity contribution in [2.75, 3.05) is 7.11 Å². The molecular weight excluding hydrogens is 368 g/mol. The van der Waals surface area contributed by atoms with Crippen LogP contribution in [-0.2, 0) is 16.1 Å².